The monoisotopic (exact) mass is 183 g/mol. The quantitative estimate of drug-likeness (QED) is 0.752. The van der Waals surface area contributed by atoms with Crippen molar-refractivity contribution in [2.75, 3.05) is 0 Å². The fourth-order valence-corrected chi connectivity index (χ4v) is 0.827. The van der Waals surface area contributed by atoms with Gasteiger partial charge in [0.2, 0.25) is 5.89 Å². The Labute approximate surface area is 78.5 Å². The van der Waals surface area contributed by atoms with Crippen molar-refractivity contribution in [3.8, 4) is 0 Å². The Bertz CT molecular complexity index is 296. The SMILES string of the molecule is Cc1noc(C(C)(C)C(C)(C)N)n1. The maximum atomic E-state index is 6.03. The van der Waals surface area contributed by atoms with E-state index < -0.39 is 0 Å². The van der Waals surface area contributed by atoms with Crippen LogP contribution < -0.4 is 5.73 Å². The molecule has 74 valence electrons. The van der Waals surface area contributed by atoms with E-state index >= 15 is 0 Å². The van der Waals surface area contributed by atoms with Crippen LogP contribution in [0, 0.1) is 6.92 Å². The lowest BCUT2D eigenvalue weighted by Gasteiger charge is -2.34. The molecule has 4 heteroatoms. The molecule has 0 aliphatic heterocycles. The molecule has 2 N–H and O–H groups in total. The van der Waals surface area contributed by atoms with Crippen molar-refractivity contribution in [2.45, 2.75) is 45.6 Å². The topological polar surface area (TPSA) is 64.9 Å². The van der Waals surface area contributed by atoms with Crippen LogP contribution >= 0.6 is 0 Å². The van der Waals surface area contributed by atoms with E-state index in [0.717, 1.165) is 0 Å². The Morgan fingerprint density at radius 2 is 1.77 bits per heavy atom. The van der Waals surface area contributed by atoms with Crippen LogP contribution in [-0.2, 0) is 5.41 Å². The highest BCUT2D eigenvalue weighted by Gasteiger charge is 2.39. The van der Waals surface area contributed by atoms with Crippen LogP contribution in [0.15, 0.2) is 4.52 Å². The number of hydrogen-bond donors (Lipinski definition) is 1. The molecule has 0 aliphatic rings. The number of nitrogens with zero attached hydrogens (tertiary/aromatic N) is 2. The van der Waals surface area contributed by atoms with Gasteiger partial charge in [0.05, 0.1) is 5.41 Å². The van der Waals surface area contributed by atoms with Crippen LogP contribution in [0.1, 0.15) is 39.4 Å². The van der Waals surface area contributed by atoms with E-state index in [2.05, 4.69) is 10.1 Å². The molecule has 0 aromatic carbocycles. The minimum absolute atomic E-state index is 0.311. The second-order valence-electron chi connectivity index (χ2n) is 4.49. The van der Waals surface area contributed by atoms with Gasteiger partial charge in [0, 0.05) is 5.54 Å². The lowest BCUT2D eigenvalue weighted by atomic mass is 9.75. The summed E-state index contributed by atoms with van der Waals surface area (Å²) in [6, 6.07) is 0. The smallest absolute Gasteiger partial charge is 0.234 e. The zero-order chi connectivity index (χ0) is 10.3. The van der Waals surface area contributed by atoms with Gasteiger partial charge in [0.25, 0.3) is 0 Å². The van der Waals surface area contributed by atoms with Crippen molar-refractivity contribution >= 4 is 0 Å². The molecule has 1 aromatic heterocycles. The number of aryl methyl sites for hydroxylation is 1. The van der Waals surface area contributed by atoms with E-state index in [1.807, 2.05) is 27.7 Å². The first-order valence-corrected chi connectivity index (χ1v) is 4.35. The molecule has 0 fully saturated rings. The van der Waals surface area contributed by atoms with E-state index in [-0.39, 0.29) is 11.0 Å². The molecular weight excluding hydrogens is 166 g/mol. The Morgan fingerprint density at radius 3 is 2.08 bits per heavy atom. The van der Waals surface area contributed by atoms with Gasteiger partial charge >= 0.3 is 0 Å². The fraction of sp³-hybridized carbons (Fsp3) is 0.778. The first kappa shape index (κ1) is 10.2. The highest BCUT2D eigenvalue weighted by molar-refractivity contribution is 5.10. The number of nitrogens with two attached hydrogens (primary N) is 1. The maximum absolute atomic E-state index is 6.03. The van der Waals surface area contributed by atoms with E-state index in [9.17, 15) is 0 Å². The van der Waals surface area contributed by atoms with Crippen LogP contribution in [0.5, 0.6) is 0 Å². The molecule has 0 atom stereocenters. The first-order chi connectivity index (χ1) is 5.75. The summed E-state index contributed by atoms with van der Waals surface area (Å²) in [5, 5.41) is 3.75. The molecular formula is C9H17N3O. The van der Waals surface area contributed by atoms with E-state index in [1.165, 1.54) is 0 Å². The minimum atomic E-state index is -0.383. The van der Waals surface area contributed by atoms with Crippen molar-refractivity contribution < 1.29 is 4.52 Å². The molecule has 0 amide bonds. The van der Waals surface area contributed by atoms with Crippen molar-refractivity contribution in [3.63, 3.8) is 0 Å². The third-order valence-corrected chi connectivity index (χ3v) is 2.67. The molecule has 0 saturated heterocycles. The van der Waals surface area contributed by atoms with Crippen molar-refractivity contribution in [2.24, 2.45) is 5.73 Å². The number of aromatic nitrogens is 2. The predicted octanol–water partition coefficient (Wildman–Crippen LogP) is 1.39. The zero-order valence-electron chi connectivity index (χ0n) is 8.88. The summed E-state index contributed by atoms with van der Waals surface area (Å²) in [4.78, 5) is 4.19. The largest absolute Gasteiger partial charge is 0.339 e. The summed E-state index contributed by atoms with van der Waals surface area (Å²) in [5.41, 5.74) is 5.33. The van der Waals surface area contributed by atoms with Crippen molar-refractivity contribution in [1.29, 1.82) is 0 Å². The summed E-state index contributed by atoms with van der Waals surface area (Å²) in [6.07, 6.45) is 0. The summed E-state index contributed by atoms with van der Waals surface area (Å²) >= 11 is 0. The van der Waals surface area contributed by atoms with Gasteiger partial charge in [-0.15, -0.1) is 0 Å². The second-order valence-corrected chi connectivity index (χ2v) is 4.49. The summed E-state index contributed by atoms with van der Waals surface area (Å²) in [6.45, 7) is 9.70. The highest BCUT2D eigenvalue weighted by atomic mass is 16.5. The number of hydrogen-bond acceptors (Lipinski definition) is 4. The second kappa shape index (κ2) is 2.80. The molecule has 0 aliphatic carbocycles. The maximum Gasteiger partial charge on any atom is 0.234 e. The molecule has 1 rings (SSSR count). The molecule has 0 unspecified atom stereocenters. The fourth-order valence-electron chi connectivity index (χ4n) is 0.827. The first-order valence-electron chi connectivity index (χ1n) is 4.35. The van der Waals surface area contributed by atoms with Crippen LogP contribution in [0.25, 0.3) is 0 Å². The van der Waals surface area contributed by atoms with Crippen molar-refractivity contribution in [1.82, 2.24) is 10.1 Å². The van der Waals surface area contributed by atoms with Crippen LogP contribution in [0.4, 0.5) is 0 Å². The zero-order valence-corrected chi connectivity index (χ0v) is 8.88. The Kier molecular flexibility index (Phi) is 2.20. The van der Waals surface area contributed by atoms with Gasteiger partial charge in [-0.05, 0) is 34.6 Å². The van der Waals surface area contributed by atoms with Gasteiger partial charge in [0.1, 0.15) is 0 Å². The van der Waals surface area contributed by atoms with Crippen LogP contribution in [0.2, 0.25) is 0 Å². The van der Waals surface area contributed by atoms with Gasteiger partial charge in [-0.1, -0.05) is 5.16 Å². The van der Waals surface area contributed by atoms with Gasteiger partial charge in [-0.3, -0.25) is 0 Å². The summed E-state index contributed by atoms with van der Waals surface area (Å²) in [5.74, 6) is 1.24. The lowest BCUT2D eigenvalue weighted by molar-refractivity contribution is 0.222. The molecule has 1 heterocycles. The normalized spacial score (nSPS) is 13.4. The molecule has 1 aromatic rings. The van der Waals surface area contributed by atoms with Crippen molar-refractivity contribution in [3.05, 3.63) is 11.7 Å². The van der Waals surface area contributed by atoms with Gasteiger partial charge in [-0.2, -0.15) is 4.98 Å². The average molecular weight is 183 g/mol. The van der Waals surface area contributed by atoms with Gasteiger partial charge < -0.3 is 10.3 Å². The van der Waals surface area contributed by atoms with Crippen LogP contribution in [0.3, 0.4) is 0 Å². The third kappa shape index (κ3) is 1.72. The van der Waals surface area contributed by atoms with E-state index in [0.29, 0.717) is 11.7 Å². The standard InChI is InChI=1S/C9H17N3O/c1-6-11-7(13-12-6)8(2,3)9(4,5)10/h10H2,1-5H3. The van der Waals surface area contributed by atoms with E-state index in [4.69, 9.17) is 10.3 Å². The lowest BCUT2D eigenvalue weighted by Crippen LogP contribution is -2.50. The Morgan fingerprint density at radius 1 is 1.23 bits per heavy atom. The summed E-state index contributed by atoms with van der Waals surface area (Å²) in [7, 11) is 0. The Hall–Kier alpha value is -0.900. The minimum Gasteiger partial charge on any atom is -0.339 e. The van der Waals surface area contributed by atoms with Gasteiger partial charge in [-0.25, -0.2) is 0 Å². The third-order valence-electron chi connectivity index (χ3n) is 2.67. The number of rotatable bonds is 2. The summed E-state index contributed by atoms with van der Waals surface area (Å²) < 4.78 is 5.11. The molecule has 0 spiro atoms. The molecule has 4 nitrogen and oxygen atoms in total. The predicted molar refractivity (Wildman–Crippen MR) is 50.3 cm³/mol. The average Bonchev–Trinajstić information content (AvgIpc) is 2.33. The highest BCUT2D eigenvalue weighted by Crippen LogP contribution is 2.31. The molecule has 0 radical (unpaired) electrons. The Balaban J connectivity index is 3.07. The van der Waals surface area contributed by atoms with E-state index in [1.54, 1.807) is 6.92 Å². The van der Waals surface area contributed by atoms with Gasteiger partial charge in [0.15, 0.2) is 5.82 Å². The molecule has 0 saturated carbocycles. The van der Waals surface area contributed by atoms with Crippen LogP contribution in [-0.4, -0.2) is 15.7 Å². The molecule has 0 bridgehead atoms. The molecule has 13 heavy (non-hydrogen) atoms.